The first kappa shape index (κ1) is 16.5. The number of rotatable bonds is 5. The summed E-state index contributed by atoms with van der Waals surface area (Å²) in [6.45, 7) is 0.0925. The zero-order chi connectivity index (χ0) is 16.9. The molecule has 2 aromatic rings. The molecule has 1 heterocycles. The van der Waals surface area contributed by atoms with Gasteiger partial charge < -0.3 is 18.9 Å². The molecule has 0 fully saturated rings. The zero-order valence-electron chi connectivity index (χ0n) is 12.6. The Morgan fingerprint density at radius 2 is 2.12 bits per heavy atom. The Morgan fingerprint density at radius 1 is 1.29 bits per heavy atom. The fourth-order valence-corrected chi connectivity index (χ4v) is 2.53. The average Bonchev–Trinajstić information content (AvgIpc) is 2.58. The van der Waals surface area contributed by atoms with Crippen molar-refractivity contribution in [2.24, 2.45) is 0 Å². The van der Waals surface area contributed by atoms with Crippen LogP contribution >= 0.6 is 11.6 Å². The molecule has 0 saturated carbocycles. The van der Waals surface area contributed by atoms with E-state index in [4.69, 9.17) is 30.5 Å². The standard InChI is InChI=1S/C17H14ClFO5/c18-13-5-11-7-21-10-24-17(11)12(6-13)8-23-16(20)9-22-15-4-2-1-3-14(15)19/h1-6H,7-10H2. The number of hydrogen-bond acceptors (Lipinski definition) is 5. The monoisotopic (exact) mass is 352 g/mol. The minimum Gasteiger partial charge on any atom is -0.479 e. The van der Waals surface area contributed by atoms with Gasteiger partial charge in [0, 0.05) is 16.1 Å². The van der Waals surface area contributed by atoms with Gasteiger partial charge in [-0.1, -0.05) is 23.7 Å². The van der Waals surface area contributed by atoms with Crippen molar-refractivity contribution in [1.82, 2.24) is 0 Å². The van der Waals surface area contributed by atoms with Gasteiger partial charge in [-0.2, -0.15) is 0 Å². The highest BCUT2D eigenvalue weighted by atomic mass is 35.5. The van der Waals surface area contributed by atoms with Gasteiger partial charge in [0.15, 0.2) is 25.0 Å². The summed E-state index contributed by atoms with van der Waals surface area (Å²) in [6.07, 6.45) is 0. The third-order valence-electron chi connectivity index (χ3n) is 3.32. The molecule has 0 unspecified atom stereocenters. The van der Waals surface area contributed by atoms with E-state index in [0.717, 1.165) is 5.56 Å². The van der Waals surface area contributed by atoms with E-state index in [1.807, 2.05) is 0 Å². The third-order valence-corrected chi connectivity index (χ3v) is 3.54. The molecule has 1 aliphatic heterocycles. The summed E-state index contributed by atoms with van der Waals surface area (Å²) in [4.78, 5) is 11.8. The van der Waals surface area contributed by atoms with Crippen LogP contribution in [-0.2, 0) is 27.5 Å². The van der Waals surface area contributed by atoms with Crippen LogP contribution in [0.5, 0.6) is 11.5 Å². The fourth-order valence-electron chi connectivity index (χ4n) is 2.26. The van der Waals surface area contributed by atoms with Crippen molar-refractivity contribution in [2.75, 3.05) is 13.4 Å². The normalized spacial score (nSPS) is 12.9. The second-order valence-electron chi connectivity index (χ2n) is 5.04. The van der Waals surface area contributed by atoms with Gasteiger partial charge in [0.05, 0.1) is 6.61 Å². The maximum absolute atomic E-state index is 13.4. The number of hydrogen-bond donors (Lipinski definition) is 0. The number of ether oxygens (including phenoxy) is 4. The molecular formula is C17H14ClFO5. The Kier molecular flexibility index (Phi) is 5.17. The summed E-state index contributed by atoms with van der Waals surface area (Å²) in [5.74, 6) is -0.565. The Balaban J connectivity index is 1.59. The molecule has 126 valence electrons. The van der Waals surface area contributed by atoms with Crippen LogP contribution in [0.1, 0.15) is 11.1 Å². The maximum atomic E-state index is 13.4. The number of fused-ring (bicyclic) bond motifs is 1. The number of halogens is 2. The first-order chi connectivity index (χ1) is 11.6. The number of esters is 1. The van der Waals surface area contributed by atoms with E-state index < -0.39 is 18.4 Å². The smallest absolute Gasteiger partial charge is 0.344 e. The zero-order valence-corrected chi connectivity index (χ0v) is 13.3. The summed E-state index contributed by atoms with van der Waals surface area (Å²) < 4.78 is 34.3. The van der Waals surface area contributed by atoms with Crippen LogP contribution in [0, 0.1) is 5.82 Å². The van der Waals surface area contributed by atoms with Gasteiger partial charge in [0.25, 0.3) is 0 Å². The van der Waals surface area contributed by atoms with Gasteiger partial charge in [-0.25, -0.2) is 9.18 Å². The van der Waals surface area contributed by atoms with E-state index in [0.29, 0.717) is 22.9 Å². The number of benzene rings is 2. The minimum atomic E-state index is -0.626. The lowest BCUT2D eigenvalue weighted by atomic mass is 10.1. The van der Waals surface area contributed by atoms with Crippen LogP contribution in [0.15, 0.2) is 36.4 Å². The lowest BCUT2D eigenvalue weighted by Crippen LogP contribution is -2.17. The lowest BCUT2D eigenvalue weighted by molar-refractivity contribution is -0.147. The van der Waals surface area contributed by atoms with Gasteiger partial charge in [0.1, 0.15) is 12.4 Å². The SMILES string of the molecule is O=C(COc1ccccc1F)OCc1cc(Cl)cc2c1OCOC2. The highest BCUT2D eigenvalue weighted by Crippen LogP contribution is 2.32. The Hall–Kier alpha value is -2.31. The van der Waals surface area contributed by atoms with Crippen LogP contribution in [0.2, 0.25) is 5.02 Å². The summed E-state index contributed by atoms with van der Waals surface area (Å²) in [6, 6.07) is 9.23. The molecule has 0 spiro atoms. The first-order valence-corrected chi connectivity index (χ1v) is 7.56. The number of carbonyl (C=O) groups excluding carboxylic acids is 1. The van der Waals surface area contributed by atoms with E-state index in [1.54, 1.807) is 18.2 Å². The van der Waals surface area contributed by atoms with E-state index in [9.17, 15) is 9.18 Å². The largest absolute Gasteiger partial charge is 0.479 e. The molecule has 7 heteroatoms. The van der Waals surface area contributed by atoms with E-state index in [2.05, 4.69) is 0 Å². The van der Waals surface area contributed by atoms with Crippen LogP contribution in [0.4, 0.5) is 4.39 Å². The second kappa shape index (κ2) is 7.51. The molecule has 0 bridgehead atoms. The fraction of sp³-hybridized carbons (Fsp3) is 0.235. The van der Waals surface area contributed by atoms with Crippen LogP contribution < -0.4 is 9.47 Å². The molecular weight excluding hydrogens is 339 g/mol. The third kappa shape index (κ3) is 3.96. The van der Waals surface area contributed by atoms with Crippen molar-refractivity contribution in [3.63, 3.8) is 0 Å². The van der Waals surface area contributed by atoms with Gasteiger partial charge in [-0.3, -0.25) is 0 Å². The molecule has 0 amide bonds. The molecule has 1 aliphatic rings. The lowest BCUT2D eigenvalue weighted by Gasteiger charge is -2.21. The van der Waals surface area contributed by atoms with Crippen LogP contribution in [-0.4, -0.2) is 19.4 Å². The van der Waals surface area contributed by atoms with E-state index in [1.165, 1.54) is 18.2 Å². The predicted octanol–water partition coefficient (Wildman–Crippen LogP) is 3.47. The van der Waals surface area contributed by atoms with Crippen LogP contribution in [0.3, 0.4) is 0 Å². The summed E-state index contributed by atoms with van der Waals surface area (Å²) in [5, 5.41) is 0.497. The summed E-state index contributed by atoms with van der Waals surface area (Å²) >= 11 is 6.04. The maximum Gasteiger partial charge on any atom is 0.344 e. The van der Waals surface area contributed by atoms with Gasteiger partial charge in [0.2, 0.25) is 0 Å². The molecule has 0 saturated heterocycles. The molecule has 2 aromatic carbocycles. The molecule has 0 N–H and O–H groups in total. The topological polar surface area (TPSA) is 54.0 Å². The molecule has 5 nitrogen and oxygen atoms in total. The highest BCUT2D eigenvalue weighted by Gasteiger charge is 2.18. The molecule has 0 radical (unpaired) electrons. The highest BCUT2D eigenvalue weighted by molar-refractivity contribution is 6.30. The molecule has 0 atom stereocenters. The Bertz CT molecular complexity index is 750. The van der Waals surface area contributed by atoms with Crippen molar-refractivity contribution in [3.8, 4) is 11.5 Å². The number of para-hydroxylation sites is 1. The van der Waals surface area contributed by atoms with Crippen molar-refractivity contribution in [3.05, 3.63) is 58.4 Å². The predicted molar refractivity (Wildman–Crippen MR) is 83.4 cm³/mol. The van der Waals surface area contributed by atoms with Crippen molar-refractivity contribution < 1.29 is 28.1 Å². The van der Waals surface area contributed by atoms with Crippen molar-refractivity contribution in [2.45, 2.75) is 13.2 Å². The number of carbonyl (C=O) groups is 1. The molecule has 24 heavy (non-hydrogen) atoms. The molecule has 0 aliphatic carbocycles. The summed E-state index contributed by atoms with van der Waals surface area (Å²) in [5.41, 5.74) is 1.43. The second-order valence-corrected chi connectivity index (χ2v) is 5.48. The quantitative estimate of drug-likeness (QED) is 0.771. The molecule has 0 aromatic heterocycles. The summed E-state index contributed by atoms with van der Waals surface area (Å²) in [7, 11) is 0. The van der Waals surface area contributed by atoms with Crippen molar-refractivity contribution in [1.29, 1.82) is 0 Å². The van der Waals surface area contributed by atoms with Crippen LogP contribution in [0.25, 0.3) is 0 Å². The van der Waals surface area contributed by atoms with Gasteiger partial charge in [-0.15, -0.1) is 0 Å². The van der Waals surface area contributed by atoms with Gasteiger partial charge in [-0.05, 0) is 24.3 Å². The molecule has 3 rings (SSSR count). The minimum absolute atomic E-state index is 0.00457. The van der Waals surface area contributed by atoms with Crippen molar-refractivity contribution >= 4 is 17.6 Å². The van der Waals surface area contributed by atoms with Gasteiger partial charge >= 0.3 is 5.97 Å². The average molecular weight is 353 g/mol. The Morgan fingerprint density at radius 3 is 2.96 bits per heavy atom. The van der Waals surface area contributed by atoms with E-state index in [-0.39, 0.29) is 19.1 Å². The Labute approximate surface area is 142 Å². The first-order valence-electron chi connectivity index (χ1n) is 7.18. The van der Waals surface area contributed by atoms with E-state index >= 15 is 0 Å².